The summed E-state index contributed by atoms with van der Waals surface area (Å²) in [5.41, 5.74) is 0.699. The zero-order valence-corrected chi connectivity index (χ0v) is 17.0. The number of nitrogens with zero attached hydrogens (tertiary/aromatic N) is 4. The average molecular weight is 414 g/mol. The van der Waals surface area contributed by atoms with Crippen molar-refractivity contribution >= 4 is 29.3 Å². The Hall–Kier alpha value is -2.94. The minimum Gasteiger partial charge on any atom is -0.497 e. The molecule has 1 aromatic carbocycles. The van der Waals surface area contributed by atoms with E-state index in [0.29, 0.717) is 23.1 Å². The van der Waals surface area contributed by atoms with Crippen molar-refractivity contribution in [3.63, 3.8) is 0 Å². The van der Waals surface area contributed by atoms with Gasteiger partial charge in [-0.1, -0.05) is 17.8 Å². The normalized spacial score (nSPS) is 13.6. The lowest BCUT2D eigenvalue weighted by Crippen LogP contribution is -2.22. The Morgan fingerprint density at radius 1 is 1.24 bits per heavy atom. The van der Waals surface area contributed by atoms with Gasteiger partial charge >= 0.3 is 0 Å². The van der Waals surface area contributed by atoms with Crippen molar-refractivity contribution in [3.05, 3.63) is 48.4 Å². The Labute approximate surface area is 173 Å². The summed E-state index contributed by atoms with van der Waals surface area (Å²) in [7, 11) is 1.60. The highest BCUT2D eigenvalue weighted by atomic mass is 32.2. The van der Waals surface area contributed by atoms with Crippen molar-refractivity contribution in [2.45, 2.75) is 24.5 Å². The van der Waals surface area contributed by atoms with Crippen molar-refractivity contribution in [2.24, 2.45) is 0 Å². The quantitative estimate of drug-likeness (QED) is 0.567. The number of nitrogens with one attached hydrogen (secondary N) is 1. The average Bonchev–Trinajstić information content (AvgIpc) is 3.49. The lowest BCUT2D eigenvalue weighted by molar-refractivity contribution is -0.113. The number of anilines is 2. The number of hydrogen-bond donors (Lipinski definition) is 1. The molecule has 9 heteroatoms. The van der Waals surface area contributed by atoms with Crippen LogP contribution < -0.4 is 15.0 Å². The lowest BCUT2D eigenvalue weighted by atomic mass is 10.3. The monoisotopic (exact) mass is 413 g/mol. The number of amides is 1. The highest BCUT2D eigenvalue weighted by Crippen LogP contribution is 2.26. The van der Waals surface area contributed by atoms with Gasteiger partial charge in [0.25, 0.3) is 0 Å². The van der Waals surface area contributed by atoms with Gasteiger partial charge in [0.05, 0.1) is 25.7 Å². The fraction of sp³-hybridized carbons (Fsp3) is 0.350. The lowest BCUT2D eigenvalue weighted by Gasteiger charge is -2.17. The largest absolute Gasteiger partial charge is 0.497 e. The molecule has 0 unspecified atom stereocenters. The second-order valence-electron chi connectivity index (χ2n) is 6.71. The minimum absolute atomic E-state index is 0.112. The molecule has 3 heterocycles. The van der Waals surface area contributed by atoms with E-state index in [1.165, 1.54) is 11.8 Å². The molecule has 0 spiro atoms. The summed E-state index contributed by atoms with van der Waals surface area (Å²) in [6.07, 6.45) is 3.96. The number of aromatic nitrogens is 3. The maximum absolute atomic E-state index is 12.4. The Morgan fingerprint density at radius 3 is 2.86 bits per heavy atom. The van der Waals surface area contributed by atoms with Gasteiger partial charge in [0.2, 0.25) is 11.9 Å². The van der Waals surface area contributed by atoms with Gasteiger partial charge in [-0.05, 0) is 37.1 Å². The molecular formula is C20H23N5O3S. The van der Waals surface area contributed by atoms with Crippen LogP contribution in [-0.4, -0.2) is 46.6 Å². The highest BCUT2D eigenvalue weighted by Gasteiger charge is 2.22. The number of carbonyl (C=O) groups is 1. The van der Waals surface area contributed by atoms with Gasteiger partial charge < -0.3 is 19.4 Å². The summed E-state index contributed by atoms with van der Waals surface area (Å²) >= 11 is 1.36. The Balaban J connectivity index is 1.45. The van der Waals surface area contributed by atoms with Crippen LogP contribution in [0.3, 0.4) is 0 Å². The van der Waals surface area contributed by atoms with Crippen molar-refractivity contribution in [2.75, 3.05) is 36.2 Å². The number of rotatable bonds is 8. The standard InChI is InChI=1S/C20H23N5O3S/c1-27-16-7-4-6-15(12-16)21-18(26)14-29-20-23-22-19(24-9-2-3-10-24)25(20)13-17-8-5-11-28-17/h4-8,11-12H,2-3,9-10,13-14H2,1H3,(H,21,26). The summed E-state index contributed by atoms with van der Waals surface area (Å²) in [6.45, 7) is 2.47. The van der Waals surface area contributed by atoms with Gasteiger partial charge in [0.1, 0.15) is 11.5 Å². The van der Waals surface area contributed by atoms with E-state index in [1.54, 1.807) is 19.4 Å². The molecule has 8 nitrogen and oxygen atoms in total. The van der Waals surface area contributed by atoms with Crippen LogP contribution in [0.25, 0.3) is 0 Å². The molecule has 0 aliphatic carbocycles. The third-order valence-corrected chi connectivity index (χ3v) is 5.63. The topological polar surface area (TPSA) is 85.4 Å². The maximum Gasteiger partial charge on any atom is 0.234 e. The van der Waals surface area contributed by atoms with E-state index in [1.807, 2.05) is 34.9 Å². The molecule has 1 amide bonds. The number of carbonyl (C=O) groups excluding carboxylic acids is 1. The van der Waals surface area contributed by atoms with Crippen LogP contribution in [-0.2, 0) is 11.3 Å². The van der Waals surface area contributed by atoms with E-state index in [-0.39, 0.29) is 11.7 Å². The number of benzene rings is 1. The summed E-state index contributed by atoms with van der Waals surface area (Å²) in [5, 5.41) is 12.3. The van der Waals surface area contributed by atoms with Crippen molar-refractivity contribution in [1.82, 2.24) is 14.8 Å². The van der Waals surface area contributed by atoms with E-state index in [4.69, 9.17) is 9.15 Å². The first-order valence-corrected chi connectivity index (χ1v) is 10.5. The molecule has 1 aliphatic rings. The molecular weight excluding hydrogens is 390 g/mol. The maximum atomic E-state index is 12.4. The van der Waals surface area contributed by atoms with Crippen LogP contribution in [0.5, 0.6) is 5.75 Å². The van der Waals surface area contributed by atoms with Crippen LogP contribution in [0.2, 0.25) is 0 Å². The number of furan rings is 1. The molecule has 0 radical (unpaired) electrons. The van der Waals surface area contributed by atoms with Crippen molar-refractivity contribution < 1.29 is 13.9 Å². The number of hydrogen-bond acceptors (Lipinski definition) is 7. The van der Waals surface area contributed by atoms with Crippen LogP contribution in [0.1, 0.15) is 18.6 Å². The number of methoxy groups -OCH3 is 1. The van der Waals surface area contributed by atoms with Crippen LogP contribution >= 0.6 is 11.8 Å². The highest BCUT2D eigenvalue weighted by molar-refractivity contribution is 7.99. The van der Waals surface area contributed by atoms with Gasteiger partial charge in [0.15, 0.2) is 5.16 Å². The molecule has 0 saturated carbocycles. The van der Waals surface area contributed by atoms with Crippen LogP contribution in [0.15, 0.2) is 52.2 Å². The Morgan fingerprint density at radius 2 is 2.10 bits per heavy atom. The van der Waals surface area contributed by atoms with Gasteiger partial charge in [-0.2, -0.15) is 0 Å². The van der Waals surface area contributed by atoms with E-state index < -0.39 is 0 Å². The molecule has 1 saturated heterocycles. The van der Waals surface area contributed by atoms with E-state index >= 15 is 0 Å². The van der Waals surface area contributed by atoms with E-state index in [2.05, 4.69) is 20.4 Å². The van der Waals surface area contributed by atoms with Crippen molar-refractivity contribution in [1.29, 1.82) is 0 Å². The van der Waals surface area contributed by atoms with Crippen molar-refractivity contribution in [3.8, 4) is 5.75 Å². The van der Waals surface area contributed by atoms with Crippen LogP contribution in [0.4, 0.5) is 11.6 Å². The number of ether oxygens (including phenoxy) is 1. The molecule has 4 rings (SSSR count). The molecule has 1 aliphatic heterocycles. The Kier molecular flexibility index (Phi) is 6.04. The summed E-state index contributed by atoms with van der Waals surface area (Å²) < 4.78 is 12.7. The zero-order chi connectivity index (χ0) is 20.1. The molecule has 1 fully saturated rings. The summed E-state index contributed by atoms with van der Waals surface area (Å²) in [4.78, 5) is 14.7. The second kappa shape index (κ2) is 9.04. The summed E-state index contributed by atoms with van der Waals surface area (Å²) in [6, 6.07) is 11.1. The van der Waals surface area contributed by atoms with Crippen LogP contribution in [0, 0.1) is 0 Å². The summed E-state index contributed by atoms with van der Waals surface area (Å²) in [5.74, 6) is 2.47. The first kappa shape index (κ1) is 19.4. The molecule has 2 aromatic heterocycles. The number of thioether (sulfide) groups is 1. The predicted molar refractivity (Wildman–Crippen MR) is 112 cm³/mol. The van der Waals surface area contributed by atoms with E-state index in [0.717, 1.165) is 37.6 Å². The third kappa shape index (κ3) is 4.73. The van der Waals surface area contributed by atoms with Gasteiger partial charge in [-0.15, -0.1) is 10.2 Å². The fourth-order valence-corrected chi connectivity index (χ4v) is 4.00. The molecule has 29 heavy (non-hydrogen) atoms. The third-order valence-electron chi connectivity index (χ3n) is 4.67. The molecule has 0 bridgehead atoms. The van der Waals surface area contributed by atoms with Gasteiger partial charge in [0, 0.05) is 24.8 Å². The molecule has 1 N–H and O–H groups in total. The van der Waals surface area contributed by atoms with Gasteiger partial charge in [-0.25, -0.2) is 0 Å². The fourth-order valence-electron chi connectivity index (χ4n) is 3.26. The SMILES string of the molecule is COc1cccc(NC(=O)CSc2nnc(N3CCCC3)n2Cc2ccco2)c1. The van der Waals surface area contributed by atoms with Gasteiger partial charge in [-0.3, -0.25) is 9.36 Å². The predicted octanol–water partition coefficient (Wildman–Crippen LogP) is 3.26. The van der Waals surface area contributed by atoms with E-state index in [9.17, 15) is 4.79 Å². The first-order valence-electron chi connectivity index (χ1n) is 9.50. The minimum atomic E-state index is -0.112. The molecule has 0 atom stereocenters. The second-order valence-corrected chi connectivity index (χ2v) is 7.65. The first-order chi connectivity index (χ1) is 14.2. The smallest absolute Gasteiger partial charge is 0.234 e. The molecule has 3 aromatic rings. The molecule has 152 valence electrons. The Bertz CT molecular complexity index is 951. The zero-order valence-electron chi connectivity index (χ0n) is 16.2.